The Hall–Kier alpha value is -3.68. The van der Waals surface area contributed by atoms with E-state index >= 15 is 0 Å². The van der Waals surface area contributed by atoms with Crippen molar-refractivity contribution in [3.8, 4) is 17.1 Å². The molecular formula is C21H20N6O2. The van der Waals surface area contributed by atoms with E-state index in [0.29, 0.717) is 16.9 Å². The SMILES string of the molecule is Cn1ccnc1-c1cc2c(cc1NC(=O)c1cnn3cccnc13)CC(C)(C)O2. The quantitative estimate of drug-likeness (QED) is 0.583. The Morgan fingerprint density at radius 1 is 1.21 bits per heavy atom. The summed E-state index contributed by atoms with van der Waals surface area (Å²) < 4.78 is 9.58. The lowest BCUT2D eigenvalue weighted by atomic mass is 9.99. The van der Waals surface area contributed by atoms with Gasteiger partial charge in [-0.25, -0.2) is 14.5 Å². The molecule has 1 amide bonds. The molecule has 0 radical (unpaired) electrons. The Bertz CT molecular complexity index is 1250. The fraction of sp³-hybridized carbons (Fsp3) is 0.238. The van der Waals surface area contributed by atoms with Crippen molar-refractivity contribution in [3.05, 3.63) is 60.3 Å². The molecule has 0 saturated heterocycles. The molecule has 0 bridgehead atoms. The maximum Gasteiger partial charge on any atom is 0.261 e. The zero-order valence-corrected chi connectivity index (χ0v) is 16.4. The van der Waals surface area contributed by atoms with Crippen molar-refractivity contribution in [2.45, 2.75) is 25.9 Å². The summed E-state index contributed by atoms with van der Waals surface area (Å²) in [6.07, 6.45) is 9.29. The second-order valence-electron chi connectivity index (χ2n) is 7.81. The summed E-state index contributed by atoms with van der Waals surface area (Å²) in [6.45, 7) is 4.10. The van der Waals surface area contributed by atoms with Crippen molar-refractivity contribution in [2.75, 3.05) is 5.32 Å². The first-order valence-corrected chi connectivity index (χ1v) is 9.35. The van der Waals surface area contributed by atoms with Gasteiger partial charge >= 0.3 is 0 Å². The number of nitrogens with zero attached hydrogens (tertiary/aromatic N) is 5. The average molecular weight is 388 g/mol. The number of rotatable bonds is 3. The molecule has 1 aliphatic heterocycles. The van der Waals surface area contributed by atoms with Gasteiger partial charge in [-0.15, -0.1) is 0 Å². The van der Waals surface area contributed by atoms with Crippen LogP contribution in [0, 0.1) is 0 Å². The summed E-state index contributed by atoms with van der Waals surface area (Å²) in [5.41, 5.74) is 3.17. The Kier molecular flexibility index (Phi) is 3.70. The van der Waals surface area contributed by atoms with Crippen LogP contribution >= 0.6 is 0 Å². The van der Waals surface area contributed by atoms with Gasteiger partial charge in [0, 0.05) is 49.4 Å². The molecule has 8 heteroatoms. The standard InChI is InChI=1S/C21H20N6O2/c1-21(2)11-13-9-16(14(10-17(13)29-21)18-23-6-8-26(18)3)25-20(28)15-12-24-27-7-4-5-22-19(15)27/h4-10,12H,11H2,1-3H3,(H,25,28). The minimum atomic E-state index is -0.282. The first kappa shape index (κ1) is 17.4. The predicted molar refractivity (Wildman–Crippen MR) is 108 cm³/mol. The second-order valence-corrected chi connectivity index (χ2v) is 7.81. The maximum absolute atomic E-state index is 13.1. The minimum absolute atomic E-state index is 0.271. The number of nitrogens with one attached hydrogen (secondary N) is 1. The molecule has 0 saturated carbocycles. The molecule has 29 heavy (non-hydrogen) atoms. The molecule has 0 fully saturated rings. The summed E-state index contributed by atoms with van der Waals surface area (Å²) in [5, 5.41) is 7.24. The Morgan fingerprint density at radius 2 is 2.07 bits per heavy atom. The third-order valence-corrected chi connectivity index (χ3v) is 5.04. The number of carbonyl (C=O) groups excluding carboxylic acids is 1. The van der Waals surface area contributed by atoms with Gasteiger partial charge in [0.15, 0.2) is 5.65 Å². The van der Waals surface area contributed by atoms with Gasteiger partial charge in [-0.3, -0.25) is 4.79 Å². The van der Waals surface area contributed by atoms with Crippen molar-refractivity contribution >= 4 is 17.2 Å². The van der Waals surface area contributed by atoms with E-state index in [1.54, 1.807) is 29.2 Å². The summed E-state index contributed by atoms with van der Waals surface area (Å²) in [4.78, 5) is 21.8. The summed E-state index contributed by atoms with van der Waals surface area (Å²) in [6, 6.07) is 5.70. The topological polar surface area (TPSA) is 86.3 Å². The molecule has 1 aromatic carbocycles. The summed E-state index contributed by atoms with van der Waals surface area (Å²) in [7, 11) is 1.92. The highest BCUT2D eigenvalue weighted by Gasteiger charge is 2.32. The zero-order valence-electron chi connectivity index (χ0n) is 16.4. The highest BCUT2D eigenvalue weighted by atomic mass is 16.5. The van der Waals surface area contributed by atoms with Crippen molar-refractivity contribution in [3.63, 3.8) is 0 Å². The summed E-state index contributed by atoms with van der Waals surface area (Å²) >= 11 is 0. The van der Waals surface area contributed by atoms with Crippen LogP contribution in [0.25, 0.3) is 17.0 Å². The van der Waals surface area contributed by atoms with E-state index in [-0.39, 0.29) is 11.5 Å². The lowest BCUT2D eigenvalue weighted by Crippen LogP contribution is -2.24. The molecule has 1 aliphatic rings. The fourth-order valence-electron chi connectivity index (χ4n) is 3.74. The van der Waals surface area contributed by atoms with Gasteiger partial charge in [-0.1, -0.05) is 0 Å². The normalized spacial score (nSPS) is 14.6. The fourth-order valence-corrected chi connectivity index (χ4v) is 3.74. The first-order valence-electron chi connectivity index (χ1n) is 9.35. The molecule has 4 heterocycles. The van der Waals surface area contributed by atoms with Crippen LogP contribution in [0.15, 0.2) is 49.2 Å². The van der Waals surface area contributed by atoms with E-state index in [0.717, 1.165) is 29.1 Å². The van der Waals surface area contributed by atoms with Crippen LogP contribution in [0.4, 0.5) is 5.69 Å². The molecule has 8 nitrogen and oxygen atoms in total. The molecule has 0 aliphatic carbocycles. The number of carbonyl (C=O) groups is 1. The number of aryl methyl sites for hydroxylation is 1. The Balaban J connectivity index is 1.59. The average Bonchev–Trinajstić information content (AvgIpc) is 3.36. The van der Waals surface area contributed by atoms with Gasteiger partial charge in [0.1, 0.15) is 22.7 Å². The smallest absolute Gasteiger partial charge is 0.261 e. The number of imidazole rings is 1. The largest absolute Gasteiger partial charge is 0.487 e. The number of hydrogen-bond acceptors (Lipinski definition) is 5. The molecule has 0 spiro atoms. The van der Waals surface area contributed by atoms with E-state index in [4.69, 9.17) is 4.74 Å². The van der Waals surface area contributed by atoms with Gasteiger partial charge in [0.05, 0.1) is 11.9 Å². The van der Waals surface area contributed by atoms with Gasteiger partial charge in [-0.2, -0.15) is 5.10 Å². The van der Waals surface area contributed by atoms with E-state index in [1.165, 1.54) is 6.20 Å². The maximum atomic E-state index is 13.1. The van der Waals surface area contributed by atoms with Crippen LogP contribution in [0.2, 0.25) is 0 Å². The van der Waals surface area contributed by atoms with Crippen LogP contribution in [-0.4, -0.2) is 35.7 Å². The van der Waals surface area contributed by atoms with Crippen molar-refractivity contribution < 1.29 is 9.53 Å². The third kappa shape index (κ3) is 2.93. The number of aromatic nitrogens is 5. The second kappa shape index (κ2) is 6.16. The van der Waals surface area contributed by atoms with E-state index in [9.17, 15) is 4.79 Å². The van der Waals surface area contributed by atoms with Gasteiger partial charge < -0.3 is 14.6 Å². The summed E-state index contributed by atoms with van der Waals surface area (Å²) in [5.74, 6) is 1.30. The Morgan fingerprint density at radius 3 is 2.86 bits per heavy atom. The molecule has 1 N–H and O–H groups in total. The van der Waals surface area contributed by atoms with Crippen molar-refractivity contribution in [2.24, 2.45) is 7.05 Å². The highest BCUT2D eigenvalue weighted by Crippen LogP contribution is 2.41. The minimum Gasteiger partial charge on any atom is -0.487 e. The molecule has 5 rings (SSSR count). The molecule has 3 aromatic heterocycles. The number of ether oxygens (including phenoxy) is 1. The van der Waals surface area contributed by atoms with E-state index < -0.39 is 0 Å². The number of hydrogen-bond donors (Lipinski definition) is 1. The van der Waals surface area contributed by atoms with E-state index in [2.05, 4.69) is 34.2 Å². The number of benzene rings is 1. The van der Waals surface area contributed by atoms with Crippen LogP contribution in [0.3, 0.4) is 0 Å². The molecule has 0 unspecified atom stereocenters. The molecule has 146 valence electrons. The third-order valence-electron chi connectivity index (χ3n) is 5.04. The van der Waals surface area contributed by atoms with Gasteiger partial charge in [0.25, 0.3) is 5.91 Å². The van der Waals surface area contributed by atoms with Crippen LogP contribution in [0.5, 0.6) is 5.75 Å². The first-order chi connectivity index (χ1) is 13.9. The van der Waals surface area contributed by atoms with Crippen molar-refractivity contribution in [1.82, 2.24) is 24.1 Å². The van der Waals surface area contributed by atoms with Crippen molar-refractivity contribution in [1.29, 1.82) is 0 Å². The number of fused-ring (bicyclic) bond motifs is 2. The van der Waals surface area contributed by atoms with Gasteiger partial charge in [-0.05, 0) is 32.0 Å². The zero-order chi connectivity index (χ0) is 20.2. The number of amides is 1. The Labute approximate surface area is 167 Å². The monoisotopic (exact) mass is 388 g/mol. The molecule has 0 atom stereocenters. The van der Waals surface area contributed by atoms with E-state index in [1.807, 2.05) is 29.9 Å². The lowest BCUT2D eigenvalue weighted by Gasteiger charge is -2.17. The molecular weight excluding hydrogens is 368 g/mol. The predicted octanol–water partition coefficient (Wildman–Crippen LogP) is 3.10. The number of anilines is 1. The van der Waals surface area contributed by atoms with Crippen LogP contribution in [0.1, 0.15) is 29.8 Å². The lowest BCUT2D eigenvalue weighted by molar-refractivity contribution is 0.102. The van der Waals surface area contributed by atoms with Gasteiger partial charge in [0.2, 0.25) is 0 Å². The van der Waals surface area contributed by atoms with Crippen LogP contribution < -0.4 is 10.1 Å². The molecule has 4 aromatic rings. The van der Waals surface area contributed by atoms with Crippen LogP contribution in [-0.2, 0) is 13.5 Å². The highest BCUT2D eigenvalue weighted by molar-refractivity contribution is 6.09.